The Morgan fingerprint density at radius 3 is 3.00 bits per heavy atom. The highest BCUT2D eigenvalue weighted by Gasteiger charge is 2.28. The van der Waals surface area contributed by atoms with E-state index in [0.29, 0.717) is 0 Å². The Labute approximate surface area is 138 Å². The van der Waals surface area contributed by atoms with Gasteiger partial charge in [0.05, 0.1) is 4.88 Å². The molecule has 2 unspecified atom stereocenters. The predicted octanol–water partition coefficient (Wildman–Crippen LogP) is 3.88. The minimum Gasteiger partial charge on any atom is -0.490 e. The number of hydrogen-bond donors (Lipinski definition) is 1. The summed E-state index contributed by atoms with van der Waals surface area (Å²) in [4.78, 5) is 17.9. The van der Waals surface area contributed by atoms with E-state index in [9.17, 15) is 4.79 Å². The number of oxime groups is 1. The first kappa shape index (κ1) is 15.6. The molecule has 5 nitrogen and oxygen atoms in total. The molecule has 2 atom stereocenters. The van der Waals surface area contributed by atoms with Crippen molar-refractivity contribution in [2.45, 2.75) is 32.5 Å². The van der Waals surface area contributed by atoms with Crippen LogP contribution in [0.5, 0.6) is 5.75 Å². The molecule has 0 aliphatic carbocycles. The second kappa shape index (κ2) is 6.42. The largest absolute Gasteiger partial charge is 0.490 e. The lowest BCUT2D eigenvalue weighted by atomic mass is 9.98. The smallest absolute Gasteiger partial charge is 0.345 e. The fourth-order valence-electron chi connectivity index (χ4n) is 2.70. The molecule has 0 saturated heterocycles. The SMILES string of the molecule is C/C=N/OC(c1ccc(C(=O)O)s1)c1cccc2c1CC(C)O2. The summed E-state index contributed by atoms with van der Waals surface area (Å²) in [7, 11) is 0. The summed E-state index contributed by atoms with van der Waals surface area (Å²) in [6.45, 7) is 3.80. The van der Waals surface area contributed by atoms with Crippen LogP contribution in [0.1, 0.15) is 45.6 Å². The van der Waals surface area contributed by atoms with Gasteiger partial charge in [-0.05, 0) is 32.0 Å². The van der Waals surface area contributed by atoms with Gasteiger partial charge in [-0.15, -0.1) is 11.3 Å². The van der Waals surface area contributed by atoms with Gasteiger partial charge in [0.15, 0.2) is 6.10 Å². The summed E-state index contributed by atoms with van der Waals surface area (Å²) in [6.07, 6.45) is 2.06. The molecule has 1 aromatic heterocycles. The van der Waals surface area contributed by atoms with E-state index in [1.54, 1.807) is 25.3 Å². The van der Waals surface area contributed by atoms with Gasteiger partial charge in [0, 0.05) is 23.8 Å². The molecule has 23 heavy (non-hydrogen) atoms. The number of benzene rings is 1. The lowest BCUT2D eigenvalue weighted by molar-refractivity contribution is 0.0702. The van der Waals surface area contributed by atoms with Gasteiger partial charge in [0.25, 0.3) is 0 Å². The van der Waals surface area contributed by atoms with Crippen molar-refractivity contribution >= 4 is 23.5 Å². The number of fused-ring (bicyclic) bond motifs is 1. The Kier molecular flexibility index (Phi) is 4.34. The van der Waals surface area contributed by atoms with Gasteiger partial charge in [-0.3, -0.25) is 0 Å². The molecule has 0 saturated carbocycles. The summed E-state index contributed by atoms with van der Waals surface area (Å²) < 4.78 is 5.80. The van der Waals surface area contributed by atoms with Crippen molar-refractivity contribution in [2.24, 2.45) is 5.16 Å². The van der Waals surface area contributed by atoms with Crippen LogP contribution >= 0.6 is 11.3 Å². The van der Waals surface area contributed by atoms with Gasteiger partial charge in [-0.25, -0.2) is 4.79 Å². The van der Waals surface area contributed by atoms with Gasteiger partial charge >= 0.3 is 5.97 Å². The number of aromatic carboxylic acids is 1. The minimum absolute atomic E-state index is 0.124. The normalized spacial score (nSPS) is 17.7. The zero-order valence-electron chi connectivity index (χ0n) is 12.9. The molecule has 1 aliphatic heterocycles. The van der Waals surface area contributed by atoms with Crippen LogP contribution < -0.4 is 4.74 Å². The number of rotatable bonds is 5. The fraction of sp³-hybridized carbons (Fsp3) is 0.294. The molecule has 0 spiro atoms. The molecule has 0 fully saturated rings. The molecule has 120 valence electrons. The first-order valence-electron chi connectivity index (χ1n) is 7.35. The van der Waals surface area contributed by atoms with Crippen LogP contribution in [0.3, 0.4) is 0 Å². The second-order valence-corrected chi connectivity index (χ2v) is 6.43. The lowest BCUT2D eigenvalue weighted by Gasteiger charge is -2.16. The van der Waals surface area contributed by atoms with E-state index in [2.05, 4.69) is 5.16 Å². The number of carbonyl (C=O) groups is 1. The zero-order valence-corrected chi connectivity index (χ0v) is 13.7. The first-order valence-corrected chi connectivity index (χ1v) is 8.17. The third kappa shape index (κ3) is 3.07. The van der Waals surface area contributed by atoms with E-state index in [0.717, 1.165) is 28.2 Å². The van der Waals surface area contributed by atoms with E-state index in [1.165, 1.54) is 11.3 Å². The molecule has 1 aromatic carbocycles. The number of thiophene rings is 1. The maximum Gasteiger partial charge on any atom is 0.345 e. The van der Waals surface area contributed by atoms with Crippen LogP contribution in [0.15, 0.2) is 35.5 Å². The highest BCUT2D eigenvalue weighted by molar-refractivity contribution is 7.14. The molecule has 2 aromatic rings. The Hall–Kier alpha value is -2.34. The molecule has 0 bridgehead atoms. The fourth-order valence-corrected chi connectivity index (χ4v) is 3.59. The summed E-state index contributed by atoms with van der Waals surface area (Å²) in [5.74, 6) is -0.0756. The topological polar surface area (TPSA) is 68.1 Å². The summed E-state index contributed by atoms with van der Waals surface area (Å²) >= 11 is 1.20. The van der Waals surface area contributed by atoms with Gasteiger partial charge in [0.2, 0.25) is 0 Å². The molecule has 0 radical (unpaired) electrons. The van der Waals surface area contributed by atoms with Crippen molar-refractivity contribution in [1.82, 2.24) is 0 Å². The molecule has 3 rings (SSSR count). The second-order valence-electron chi connectivity index (χ2n) is 5.31. The van der Waals surface area contributed by atoms with Crippen LogP contribution in [-0.4, -0.2) is 23.4 Å². The third-order valence-electron chi connectivity index (χ3n) is 3.64. The van der Waals surface area contributed by atoms with Crippen LogP contribution in [0.25, 0.3) is 0 Å². The van der Waals surface area contributed by atoms with E-state index >= 15 is 0 Å². The van der Waals surface area contributed by atoms with E-state index < -0.39 is 12.1 Å². The van der Waals surface area contributed by atoms with Gasteiger partial charge in [-0.1, -0.05) is 17.3 Å². The van der Waals surface area contributed by atoms with Crippen LogP contribution in [0.2, 0.25) is 0 Å². The average molecular weight is 331 g/mol. The van der Waals surface area contributed by atoms with Crippen molar-refractivity contribution in [3.8, 4) is 5.75 Å². The Morgan fingerprint density at radius 1 is 1.48 bits per heavy atom. The molecular weight excluding hydrogens is 314 g/mol. The van der Waals surface area contributed by atoms with Crippen molar-refractivity contribution in [2.75, 3.05) is 0 Å². The summed E-state index contributed by atoms with van der Waals surface area (Å²) in [6, 6.07) is 9.22. The molecule has 0 amide bonds. The maximum atomic E-state index is 11.1. The maximum absolute atomic E-state index is 11.1. The third-order valence-corrected chi connectivity index (χ3v) is 4.76. The standard InChI is InChI=1S/C17H17NO4S/c1-3-18-22-16(14-7-8-15(23-14)17(19)20)11-5-4-6-13-12(11)9-10(2)21-13/h3-8,10,16H,9H2,1-2H3,(H,19,20)/b18-3+. The summed E-state index contributed by atoms with van der Waals surface area (Å²) in [5.41, 5.74) is 2.07. The molecule has 1 aliphatic rings. The Morgan fingerprint density at radius 2 is 2.30 bits per heavy atom. The van der Waals surface area contributed by atoms with Crippen LogP contribution in [0.4, 0.5) is 0 Å². The Balaban J connectivity index is 2.03. The van der Waals surface area contributed by atoms with Crippen LogP contribution in [-0.2, 0) is 11.3 Å². The van der Waals surface area contributed by atoms with Gasteiger partial charge in [-0.2, -0.15) is 0 Å². The van der Waals surface area contributed by atoms with E-state index in [-0.39, 0.29) is 11.0 Å². The number of carboxylic acids is 1. The van der Waals surface area contributed by atoms with Crippen molar-refractivity contribution < 1.29 is 19.5 Å². The number of ether oxygens (including phenoxy) is 1. The zero-order chi connectivity index (χ0) is 16.4. The van der Waals surface area contributed by atoms with Crippen molar-refractivity contribution in [3.63, 3.8) is 0 Å². The predicted molar refractivity (Wildman–Crippen MR) is 88.6 cm³/mol. The lowest BCUT2D eigenvalue weighted by Crippen LogP contribution is -2.07. The highest BCUT2D eigenvalue weighted by atomic mass is 32.1. The molecule has 2 heterocycles. The van der Waals surface area contributed by atoms with Crippen molar-refractivity contribution in [1.29, 1.82) is 0 Å². The quantitative estimate of drug-likeness (QED) is 0.667. The number of carboxylic acid groups (broad SMARTS) is 1. The van der Waals surface area contributed by atoms with Crippen molar-refractivity contribution in [3.05, 3.63) is 51.2 Å². The molecule has 1 N–H and O–H groups in total. The monoisotopic (exact) mass is 331 g/mol. The average Bonchev–Trinajstić information content (AvgIpc) is 3.13. The first-order chi connectivity index (χ1) is 11.1. The number of hydrogen-bond acceptors (Lipinski definition) is 5. The van der Waals surface area contributed by atoms with Gasteiger partial charge in [0.1, 0.15) is 16.7 Å². The molecule has 6 heteroatoms. The van der Waals surface area contributed by atoms with Gasteiger partial charge < -0.3 is 14.7 Å². The number of nitrogens with zero attached hydrogens (tertiary/aromatic N) is 1. The minimum atomic E-state index is -0.936. The summed E-state index contributed by atoms with van der Waals surface area (Å²) in [5, 5.41) is 13.1. The molecular formula is C17H17NO4S. The highest BCUT2D eigenvalue weighted by Crippen LogP contribution is 2.39. The van der Waals surface area contributed by atoms with E-state index in [1.807, 2.05) is 25.1 Å². The van der Waals surface area contributed by atoms with Crippen LogP contribution in [0, 0.1) is 0 Å². The Bertz CT molecular complexity index is 753. The van der Waals surface area contributed by atoms with E-state index in [4.69, 9.17) is 14.7 Å².